The van der Waals surface area contributed by atoms with Gasteiger partial charge in [-0.15, -0.1) is 20.4 Å². The Bertz CT molecular complexity index is 1640. The number of carbonyl (C=O) groups is 3. The third kappa shape index (κ3) is 11.9. The van der Waals surface area contributed by atoms with Gasteiger partial charge in [0.2, 0.25) is 27.7 Å². The number of non-ortho nitro benzene ring substituents is 1. The normalized spacial score (nSPS) is 11.8. The Morgan fingerprint density at radius 2 is 1.56 bits per heavy atom. The Hall–Kier alpha value is -4.63. The van der Waals surface area contributed by atoms with Crippen LogP contribution in [0.2, 0.25) is 0 Å². The second-order valence-electron chi connectivity index (χ2n) is 11.0. The van der Waals surface area contributed by atoms with Crippen molar-refractivity contribution in [1.82, 2.24) is 30.8 Å². The van der Waals surface area contributed by atoms with Crippen molar-refractivity contribution in [2.45, 2.75) is 58.3 Å². The summed E-state index contributed by atoms with van der Waals surface area (Å²) in [4.78, 5) is 46.1. The maximum atomic E-state index is 13.4. The monoisotopic (exact) mass is 702 g/mol. The molecule has 1 heterocycles. The summed E-state index contributed by atoms with van der Waals surface area (Å²) in [5, 5.41) is 41.2. The van der Waals surface area contributed by atoms with Gasteiger partial charge < -0.3 is 15.5 Å². The van der Waals surface area contributed by atoms with Gasteiger partial charge in [-0.1, -0.05) is 49.9 Å². The summed E-state index contributed by atoms with van der Waals surface area (Å²) in [5.41, 5.74) is 1.57. The average molecular weight is 703 g/mol. The number of aryl methyl sites for hydroxylation is 1. The molecule has 48 heavy (non-hydrogen) atoms. The Labute approximate surface area is 280 Å². The van der Waals surface area contributed by atoms with E-state index in [0.29, 0.717) is 55.7 Å². The van der Waals surface area contributed by atoms with Crippen LogP contribution in [-0.2, 0) is 30.8 Å². The molecule has 3 N–H and O–H groups in total. The highest BCUT2D eigenvalue weighted by molar-refractivity contribution is 7.92. The van der Waals surface area contributed by atoms with Gasteiger partial charge >= 0.3 is 5.97 Å². The van der Waals surface area contributed by atoms with Gasteiger partial charge in [-0.05, 0) is 53.3 Å². The number of carboxylic acid groups (broad SMARTS) is 1. The Morgan fingerprint density at radius 1 is 0.938 bits per heavy atom. The zero-order valence-electron chi connectivity index (χ0n) is 26.4. The highest BCUT2D eigenvalue weighted by Gasteiger charge is 2.25. The van der Waals surface area contributed by atoms with Crippen LogP contribution in [0.3, 0.4) is 0 Å². The van der Waals surface area contributed by atoms with Crippen LogP contribution in [0, 0.1) is 23.0 Å². The number of nitro groups is 1. The van der Waals surface area contributed by atoms with Crippen LogP contribution in [-0.4, -0.2) is 75.5 Å². The van der Waals surface area contributed by atoms with Gasteiger partial charge in [0, 0.05) is 30.8 Å². The van der Waals surface area contributed by atoms with Crippen molar-refractivity contribution in [3.63, 3.8) is 0 Å². The first kappa shape index (κ1) is 37.8. The fraction of sp³-hybridized carbons (Fsp3) is 0.433. The molecule has 2 unspecified atom stereocenters. The number of amides is 2. The number of sulfonamides is 1. The van der Waals surface area contributed by atoms with Crippen molar-refractivity contribution in [1.29, 1.82) is 0 Å². The molecule has 2 aromatic carbocycles. The summed E-state index contributed by atoms with van der Waals surface area (Å²) in [6, 6.07) is 12.3. The van der Waals surface area contributed by atoms with E-state index in [4.69, 9.17) is 0 Å². The van der Waals surface area contributed by atoms with Crippen molar-refractivity contribution < 1.29 is 32.8 Å². The number of hydrogen-bond donors (Lipinski definition) is 3. The minimum atomic E-state index is -3.82. The third-order valence-corrected chi connectivity index (χ3v) is 9.51. The first-order chi connectivity index (χ1) is 22.9. The van der Waals surface area contributed by atoms with Gasteiger partial charge in [0.1, 0.15) is 5.92 Å². The number of unbranched alkanes of at least 4 members (excludes halogenated alkanes) is 4. The SMILES string of the molecule is Cc1nnc(-c2ccc(CC(=O)NCCCN(c3ccc([N+](=O)[O-])cc3)S(=O)(=O)CCCCCCCC(C(=O)O)C(=O)NP)cc2)nn1. The summed E-state index contributed by atoms with van der Waals surface area (Å²) in [6.45, 7) is 1.93. The zero-order valence-corrected chi connectivity index (χ0v) is 28.4. The second-order valence-corrected chi connectivity index (χ2v) is 13.3. The zero-order chi connectivity index (χ0) is 35.1. The molecule has 0 aliphatic carbocycles. The highest BCUT2D eigenvalue weighted by Crippen LogP contribution is 2.24. The minimum Gasteiger partial charge on any atom is -0.481 e. The van der Waals surface area contributed by atoms with Gasteiger partial charge in [0.25, 0.3) is 5.69 Å². The third-order valence-electron chi connectivity index (χ3n) is 7.35. The van der Waals surface area contributed by atoms with E-state index in [1.807, 2.05) is 9.39 Å². The van der Waals surface area contributed by atoms with Gasteiger partial charge in [-0.3, -0.25) is 28.8 Å². The number of anilines is 1. The molecule has 0 saturated carbocycles. The van der Waals surface area contributed by atoms with Gasteiger partial charge in [0.15, 0.2) is 5.82 Å². The van der Waals surface area contributed by atoms with Gasteiger partial charge in [0.05, 0.1) is 22.8 Å². The van der Waals surface area contributed by atoms with E-state index in [1.165, 1.54) is 28.6 Å². The number of nitro benzene ring substituents is 1. The maximum Gasteiger partial charge on any atom is 0.316 e. The molecular weight excluding hydrogens is 663 g/mol. The van der Waals surface area contributed by atoms with Crippen LogP contribution in [0.4, 0.5) is 11.4 Å². The van der Waals surface area contributed by atoms with E-state index in [1.54, 1.807) is 31.2 Å². The molecule has 0 spiro atoms. The van der Waals surface area contributed by atoms with E-state index in [0.717, 1.165) is 5.56 Å². The number of nitrogens with one attached hydrogen (secondary N) is 2. The molecule has 0 aliphatic heterocycles. The molecule has 3 rings (SSSR count). The standard InChI is InChI=1S/C30H39N8O8PS/c1-21-32-34-28(35-33-21)23-11-9-22(10-12-23)20-27(39)31-17-7-18-37(24-13-15-25(16-14-24)38(43)44)48(45,46)19-6-4-2-3-5-8-26(30(41)42)29(40)36-47/h9-16,26H,2-8,17-20,47H2,1H3,(H,31,39)(H,36,40)(H,41,42). The molecule has 0 radical (unpaired) electrons. The molecule has 3 aromatic rings. The number of carbonyl (C=O) groups excluding carboxylic acids is 2. The van der Waals surface area contributed by atoms with Crippen LogP contribution in [0.15, 0.2) is 48.5 Å². The number of benzene rings is 2. The number of hydrogen-bond acceptors (Lipinski definition) is 11. The number of nitrogens with zero attached hydrogens (tertiary/aromatic N) is 6. The van der Waals surface area contributed by atoms with Gasteiger partial charge in [-0.25, -0.2) is 8.42 Å². The quantitative estimate of drug-likeness (QED) is 0.0508. The summed E-state index contributed by atoms with van der Waals surface area (Å²) in [6.07, 6.45) is 3.31. The lowest BCUT2D eigenvalue weighted by Crippen LogP contribution is -2.36. The first-order valence-corrected chi connectivity index (χ1v) is 17.5. The number of rotatable bonds is 20. The van der Waals surface area contributed by atoms with Crippen molar-refractivity contribution in [3.8, 4) is 11.4 Å². The predicted octanol–water partition coefficient (Wildman–Crippen LogP) is 2.98. The van der Waals surface area contributed by atoms with E-state index in [9.17, 15) is 38.0 Å². The van der Waals surface area contributed by atoms with E-state index >= 15 is 0 Å². The molecule has 0 aliphatic rings. The van der Waals surface area contributed by atoms with Crippen LogP contribution in [0.1, 0.15) is 56.3 Å². The number of aromatic nitrogens is 4. The smallest absolute Gasteiger partial charge is 0.316 e. The minimum absolute atomic E-state index is 0.0437. The highest BCUT2D eigenvalue weighted by atomic mass is 32.2. The summed E-state index contributed by atoms with van der Waals surface area (Å²) in [7, 11) is -1.83. The molecule has 0 saturated heterocycles. The van der Waals surface area contributed by atoms with Crippen molar-refractivity contribution in [3.05, 3.63) is 70.0 Å². The molecular formula is C30H39N8O8PS. The fourth-order valence-corrected chi connectivity index (χ4v) is 6.62. The largest absolute Gasteiger partial charge is 0.481 e. The second kappa shape index (κ2) is 18.6. The lowest BCUT2D eigenvalue weighted by atomic mass is 10.00. The molecule has 0 bridgehead atoms. The lowest BCUT2D eigenvalue weighted by molar-refractivity contribution is -0.384. The summed E-state index contributed by atoms with van der Waals surface area (Å²) >= 11 is 0. The molecule has 0 fully saturated rings. The average Bonchev–Trinajstić information content (AvgIpc) is 3.06. The molecule has 18 heteroatoms. The van der Waals surface area contributed by atoms with Crippen LogP contribution in [0.25, 0.3) is 11.4 Å². The van der Waals surface area contributed by atoms with Crippen molar-refractivity contribution >= 4 is 48.6 Å². The topological polar surface area (TPSA) is 228 Å². The lowest BCUT2D eigenvalue weighted by Gasteiger charge is -2.24. The molecule has 2 amide bonds. The van der Waals surface area contributed by atoms with E-state index < -0.39 is 32.7 Å². The summed E-state index contributed by atoms with van der Waals surface area (Å²) < 4.78 is 28.0. The van der Waals surface area contributed by atoms with Crippen LogP contribution in [0.5, 0.6) is 0 Å². The molecule has 1 aromatic heterocycles. The van der Waals surface area contributed by atoms with E-state index in [2.05, 4.69) is 30.8 Å². The molecule has 16 nitrogen and oxygen atoms in total. The van der Waals surface area contributed by atoms with Crippen molar-refractivity contribution in [2.75, 3.05) is 23.1 Å². The Balaban J connectivity index is 1.50. The summed E-state index contributed by atoms with van der Waals surface area (Å²) in [5.74, 6) is -2.49. The molecule has 2 atom stereocenters. The molecule has 258 valence electrons. The van der Waals surface area contributed by atoms with E-state index in [-0.39, 0.29) is 49.0 Å². The van der Waals surface area contributed by atoms with Crippen LogP contribution >= 0.6 is 9.39 Å². The van der Waals surface area contributed by atoms with Gasteiger partial charge in [-0.2, -0.15) is 0 Å². The Kier molecular flexibility index (Phi) is 14.7. The number of aliphatic carboxylic acids is 1. The van der Waals surface area contributed by atoms with Crippen LogP contribution < -0.4 is 14.7 Å². The fourth-order valence-electron chi connectivity index (χ4n) is 4.78. The maximum absolute atomic E-state index is 13.4. The van der Waals surface area contributed by atoms with Crippen molar-refractivity contribution in [2.24, 2.45) is 5.92 Å². The number of carboxylic acids is 1. The predicted molar refractivity (Wildman–Crippen MR) is 180 cm³/mol. The first-order valence-electron chi connectivity index (χ1n) is 15.3. The Morgan fingerprint density at radius 3 is 2.17 bits per heavy atom.